The van der Waals surface area contributed by atoms with Crippen molar-refractivity contribution in [2.75, 3.05) is 7.11 Å². The highest BCUT2D eigenvalue weighted by Gasteiger charge is 2.33. The SMILES string of the molecule is COc1cc(-c2c(C(C)(C)CC#N)n(-c3ccc(C(=O)O)c(O)c3)c3cc(F)c(F)cc23)ccc1F. The van der Waals surface area contributed by atoms with E-state index in [1.54, 1.807) is 18.4 Å². The van der Waals surface area contributed by atoms with Crippen molar-refractivity contribution in [1.82, 2.24) is 4.57 Å². The summed E-state index contributed by atoms with van der Waals surface area (Å²) in [4.78, 5) is 11.4. The summed E-state index contributed by atoms with van der Waals surface area (Å²) in [6.45, 7) is 3.53. The predicted octanol–water partition coefficient (Wildman–Crippen LogP) is 6.32. The monoisotopic (exact) mass is 494 g/mol. The largest absolute Gasteiger partial charge is 0.507 e. The Morgan fingerprint density at radius 2 is 1.75 bits per heavy atom. The fourth-order valence-corrected chi connectivity index (χ4v) is 4.42. The van der Waals surface area contributed by atoms with Crippen LogP contribution >= 0.6 is 0 Å². The first-order valence-electron chi connectivity index (χ1n) is 10.8. The quantitative estimate of drug-likeness (QED) is 0.327. The van der Waals surface area contributed by atoms with E-state index in [4.69, 9.17) is 4.74 Å². The minimum atomic E-state index is -1.34. The number of carbonyl (C=O) groups is 1. The van der Waals surface area contributed by atoms with Gasteiger partial charge in [-0.1, -0.05) is 19.9 Å². The first-order chi connectivity index (χ1) is 17.0. The highest BCUT2D eigenvalue weighted by atomic mass is 19.2. The van der Waals surface area contributed by atoms with Crippen LogP contribution in [0.2, 0.25) is 0 Å². The molecular weight excluding hydrogens is 473 g/mol. The fourth-order valence-electron chi connectivity index (χ4n) is 4.42. The normalized spacial score (nSPS) is 11.5. The Labute approximate surface area is 204 Å². The van der Waals surface area contributed by atoms with E-state index in [-0.39, 0.29) is 34.3 Å². The number of nitriles is 1. The van der Waals surface area contributed by atoms with Crippen LogP contribution in [-0.2, 0) is 5.41 Å². The summed E-state index contributed by atoms with van der Waals surface area (Å²) in [5.41, 5.74) is 0.484. The molecule has 6 nitrogen and oxygen atoms in total. The zero-order valence-electron chi connectivity index (χ0n) is 19.6. The van der Waals surface area contributed by atoms with E-state index >= 15 is 0 Å². The number of hydrogen-bond acceptors (Lipinski definition) is 4. The summed E-state index contributed by atoms with van der Waals surface area (Å²) in [6.07, 6.45) is -0.00118. The zero-order valence-corrected chi connectivity index (χ0v) is 19.6. The lowest BCUT2D eigenvalue weighted by Crippen LogP contribution is -2.22. The van der Waals surface area contributed by atoms with Crippen molar-refractivity contribution in [2.45, 2.75) is 25.7 Å². The van der Waals surface area contributed by atoms with Gasteiger partial charge in [0.05, 0.1) is 18.7 Å². The molecule has 0 bridgehead atoms. The lowest BCUT2D eigenvalue weighted by Gasteiger charge is -2.27. The van der Waals surface area contributed by atoms with Crippen molar-refractivity contribution in [1.29, 1.82) is 5.26 Å². The van der Waals surface area contributed by atoms with E-state index in [0.29, 0.717) is 16.8 Å². The second kappa shape index (κ2) is 8.96. The number of nitrogens with zero attached hydrogens (tertiary/aromatic N) is 2. The number of carboxylic acids is 1. The molecule has 184 valence electrons. The number of methoxy groups -OCH3 is 1. The van der Waals surface area contributed by atoms with Crippen LogP contribution in [0.4, 0.5) is 13.2 Å². The second-order valence-electron chi connectivity index (χ2n) is 8.92. The van der Waals surface area contributed by atoms with Gasteiger partial charge in [0.2, 0.25) is 0 Å². The van der Waals surface area contributed by atoms with Gasteiger partial charge in [0.15, 0.2) is 23.2 Å². The fraction of sp³-hybridized carbons (Fsp3) is 0.185. The number of phenols is 1. The number of benzene rings is 3. The Kier molecular flexibility index (Phi) is 6.14. The smallest absolute Gasteiger partial charge is 0.339 e. The van der Waals surface area contributed by atoms with Gasteiger partial charge in [0.25, 0.3) is 0 Å². The van der Waals surface area contributed by atoms with Crippen LogP contribution in [0.15, 0.2) is 48.5 Å². The zero-order chi connectivity index (χ0) is 26.4. The molecule has 1 heterocycles. The molecular formula is C27H21F3N2O4. The van der Waals surface area contributed by atoms with Gasteiger partial charge in [-0.2, -0.15) is 5.26 Å². The Balaban J connectivity index is 2.21. The van der Waals surface area contributed by atoms with Crippen LogP contribution < -0.4 is 4.74 Å². The molecule has 0 atom stereocenters. The van der Waals surface area contributed by atoms with Crippen LogP contribution in [0.1, 0.15) is 36.3 Å². The summed E-state index contributed by atoms with van der Waals surface area (Å²) >= 11 is 0. The van der Waals surface area contributed by atoms with E-state index in [0.717, 1.165) is 12.1 Å². The van der Waals surface area contributed by atoms with Crippen molar-refractivity contribution in [3.63, 3.8) is 0 Å². The Morgan fingerprint density at radius 3 is 2.36 bits per heavy atom. The summed E-state index contributed by atoms with van der Waals surface area (Å²) in [5.74, 6) is -4.78. The molecule has 36 heavy (non-hydrogen) atoms. The van der Waals surface area contributed by atoms with Gasteiger partial charge in [-0.05, 0) is 35.9 Å². The third-order valence-corrected chi connectivity index (χ3v) is 6.08. The van der Waals surface area contributed by atoms with E-state index in [1.165, 1.54) is 43.5 Å². The van der Waals surface area contributed by atoms with Crippen molar-refractivity contribution in [3.8, 4) is 34.4 Å². The number of aromatic carboxylic acids is 1. The molecule has 1 aromatic heterocycles. The number of fused-ring (bicyclic) bond motifs is 1. The van der Waals surface area contributed by atoms with Crippen LogP contribution in [0.25, 0.3) is 27.7 Å². The van der Waals surface area contributed by atoms with Crippen molar-refractivity contribution < 1.29 is 32.9 Å². The van der Waals surface area contributed by atoms with Gasteiger partial charge in [0, 0.05) is 46.3 Å². The molecule has 0 aliphatic heterocycles. The average Bonchev–Trinajstić information content (AvgIpc) is 3.14. The minimum Gasteiger partial charge on any atom is -0.507 e. The van der Waals surface area contributed by atoms with Gasteiger partial charge < -0.3 is 19.5 Å². The summed E-state index contributed by atoms with van der Waals surface area (Å²) in [5, 5.41) is 29.5. The molecule has 0 unspecified atom stereocenters. The van der Waals surface area contributed by atoms with E-state index in [9.17, 15) is 33.4 Å². The Morgan fingerprint density at radius 1 is 1.06 bits per heavy atom. The van der Waals surface area contributed by atoms with Crippen molar-refractivity contribution >= 4 is 16.9 Å². The van der Waals surface area contributed by atoms with E-state index in [2.05, 4.69) is 6.07 Å². The van der Waals surface area contributed by atoms with Gasteiger partial charge in [-0.15, -0.1) is 0 Å². The molecule has 0 fully saturated rings. The second-order valence-corrected chi connectivity index (χ2v) is 8.92. The molecule has 4 aromatic rings. The highest BCUT2D eigenvalue weighted by molar-refractivity contribution is 6.00. The summed E-state index contributed by atoms with van der Waals surface area (Å²) < 4.78 is 49.9. The third-order valence-electron chi connectivity index (χ3n) is 6.08. The maximum atomic E-state index is 14.5. The van der Waals surface area contributed by atoms with Crippen LogP contribution in [0, 0.1) is 28.8 Å². The van der Waals surface area contributed by atoms with Crippen LogP contribution in [0.5, 0.6) is 11.5 Å². The number of carboxylic acid groups (broad SMARTS) is 1. The Hall–Kier alpha value is -4.45. The van der Waals surface area contributed by atoms with E-state index < -0.39 is 34.6 Å². The van der Waals surface area contributed by atoms with Crippen LogP contribution in [-0.4, -0.2) is 27.9 Å². The molecule has 0 spiro atoms. The van der Waals surface area contributed by atoms with Gasteiger partial charge in [0.1, 0.15) is 11.3 Å². The highest BCUT2D eigenvalue weighted by Crippen LogP contribution is 2.45. The van der Waals surface area contributed by atoms with E-state index in [1.807, 2.05) is 0 Å². The molecule has 0 saturated carbocycles. The maximum Gasteiger partial charge on any atom is 0.339 e. The standard InChI is InChI=1S/C27H21F3N2O4/c1-27(2,8-9-31)25-24(14-4-7-18(28)23(10-14)36-3)17-12-19(29)20(30)13-21(17)32(25)15-5-6-16(26(34)35)22(33)11-15/h4-7,10-13,33H,8H2,1-3H3,(H,34,35). The first-order valence-corrected chi connectivity index (χ1v) is 10.8. The molecule has 3 aromatic carbocycles. The topological polar surface area (TPSA) is 95.5 Å². The molecule has 0 saturated heterocycles. The Bertz CT molecular complexity index is 1570. The molecule has 2 N–H and O–H groups in total. The number of hydrogen-bond donors (Lipinski definition) is 2. The van der Waals surface area contributed by atoms with Gasteiger partial charge in [-0.3, -0.25) is 0 Å². The number of aromatic hydroxyl groups is 1. The van der Waals surface area contributed by atoms with Gasteiger partial charge >= 0.3 is 5.97 Å². The van der Waals surface area contributed by atoms with Crippen molar-refractivity contribution in [3.05, 3.63) is 77.2 Å². The molecule has 0 aliphatic rings. The average molecular weight is 494 g/mol. The number of halogens is 3. The lowest BCUT2D eigenvalue weighted by atomic mass is 9.81. The molecule has 9 heteroatoms. The summed E-state index contributed by atoms with van der Waals surface area (Å²) in [7, 11) is 1.30. The first kappa shape index (κ1) is 24.7. The number of aromatic nitrogens is 1. The predicted molar refractivity (Wildman–Crippen MR) is 127 cm³/mol. The van der Waals surface area contributed by atoms with Crippen LogP contribution in [0.3, 0.4) is 0 Å². The van der Waals surface area contributed by atoms with Crippen molar-refractivity contribution in [2.24, 2.45) is 0 Å². The molecule has 0 radical (unpaired) electrons. The maximum absolute atomic E-state index is 14.5. The minimum absolute atomic E-state index is 0.00118. The van der Waals surface area contributed by atoms with Gasteiger partial charge in [-0.25, -0.2) is 18.0 Å². The number of ether oxygens (including phenoxy) is 1. The summed E-state index contributed by atoms with van der Waals surface area (Å²) in [6, 6.07) is 12.0. The molecule has 0 amide bonds. The lowest BCUT2D eigenvalue weighted by molar-refractivity contribution is 0.0693. The molecule has 4 rings (SSSR count). The number of rotatable bonds is 6. The third kappa shape index (κ3) is 4.01. The molecule has 0 aliphatic carbocycles.